The quantitative estimate of drug-likeness (QED) is 0.573. The average molecular weight is 216 g/mol. The minimum absolute atomic E-state index is 0.172. The van der Waals surface area contributed by atoms with E-state index in [0.717, 1.165) is 0 Å². The van der Waals surface area contributed by atoms with Crippen LogP contribution >= 0.6 is 0 Å². The van der Waals surface area contributed by atoms with Gasteiger partial charge in [-0.25, -0.2) is 18.0 Å². The van der Waals surface area contributed by atoms with Crippen molar-refractivity contribution in [2.75, 3.05) is 6.61 Å². The fourth-order valence-corrected chi connectivity index (χ4v) is 0.944. The second-order valence-electron chi connectivity index (χ2n) is 2.63. The molecule has 0 aliphatic rings. The summed E-state index contributed by atoms with van der Waals surface area (Å²) in [6, 6.07) is 0.821. The number of rotatable bonds is 3. The molecule has 0 radical (unpaired) electrons. The summed E-state index contributed by atoms with van der Waals surface area (Å²) in [6.07, 6.45) is 1.25. The van der Waals surface area contributed by atoms with Crippen molar-refractivity contribution in [3.63, 3.8) is 0 Å². The van der Waals surface area contributed by atoms with Gasteiger partial charge in [-0.1, -0.05) is 12.7 Å². The van der Waals surface area contributed by atoms with Crippen molar-refractivity contribution < 1.29 is 22.7 Å². The lowest BCUT2D eigenvalue weighted by Gasteiger charge is -2.04. The first-order valence-corrected chi connectivity index (χ1v) is 3.99. The monoisotopic (exact) mass is 216 g/mol. The third kappa shape index (κ3) is 2.59. The molecule has 0 unspecified atom stereocenters. The van der Waals surface area contributed by atoms with E-state index in [-0.39, 0.29) is 6.61 Å². The maximum absolute atomic E-state index is 13.0. The normalized spacial score (nSPS) is 9.80. The highest BCUT2D eigenvalue weighted by Crippen LogP contribution is 2.15. The minimum Gasteiger partial charge on any atom is -0.458 e. The highest BCUT2D eigenvalue weighted by Gasteiger charge is 2.19. The largest absolute Gasteiger partial charge is 0.458 e. The molecule has 0 atom stereocenters. The maximum atomic E-state index is 13.0. The Morgan fingerprint density at radius 1 is 1.33 bits per heavy atom. The number of carbonyl (C=O) groups is 1. The minimum atomic E-state index is -1.29. The summed E-state index contributed by atoms with van der Waals surface area (Å²) >= 11 is 0. The fourth-order valence-electron chi connectivity index (χ4n) is 0.944. The van der Waals surface area contributed by atoms with E-state index in [4.69, 9.17) is 0 Å². The molecule has 80 valence electrons. The van der Waals surface area contributed by atoms with Gasteiger partial charge in [0.25, 0.3) is 0 Å². The number of ether oxygens (including phenoxy) is 1. The second kappa shape index (κ2) is 4.63. The van der Waals surface area contributed by atoms with E-state index in [2.05, 4.69) is 11.3 Å². The molecule has 1 aromatic carbocycles. The smallest absolute Gasteiger partial charge is 0.344 e. The predicted octanol–water partition coefficient (Wildman–Crippen LogP) is 2.45. The molecule has 0 saturated carbocycles. The second-order valence-corrected chi connectivity index (χ2v) is 2.63. The number of benzene rings is 1. The lowest BCUT2D eigenvalue weighted by atomic mass is 10.2. The molecule has 0 aliphatic heterocycles. The van der Waals surface area contributed by atoms with Crippen molar-refractivity contribution in [3.05, 3.63) is 47.8 Å². The molecule has 0 heterocycles. The molecule has 0 spiro atoms. The average Bonchev–Trinajstić information content (AvgIpc) is 2.12. The Hall–Kier alpha value is -1.78. The summed E-state index contributed by atoms with van der Waals surface area (Å²) in [6.45, 7) is 3.09. The van der Waals surface area contributed by atoms with Gasteiger partial charge in [0.15, 0.2) is 0 Å². The van der Waals surface area contributed by atoms with E-state index in [0.29, 0.717) is 12.1 Å². The van der Waals surface area contributed by atoms with Crippen LogP contribution in [-0.4, -0.2) is 12.6 Å². The molecule has 2 nitrogen and oxygen atoms in total. The molecule has 0 aromatic heterocycles. The van der Waals surface area contributed by atoms with E-state index >= 15 is 0 Å². The van der Waals surface area contributed by atoms with Gasteiger partial charge in [-0.15, -0.1) is 0 Å². The van der Waals surface area contributed by atoms with Crippen LogP contribution in [0, 0.1) is 17.5 Å². The molecule has 0 aliphatic carbocycles. The zero-order chi connectivity index (χ0) is 11.4. The van der Waals surface area contributed by atoms with Crippen LogP contribution in [0.25, 0.3) is 0 Å². The van der Waals surface area contributed by atoms with Crippen LogP contribution in [0.4, 0.5) is 13.2 Å². The number of halogens is 3. The zero-order valence-electron chi connectivity index (χ0n) is 7.60. The number of hydrogen-bond donors (Lipinski definition) is 0. The van der Waals surface area contributed by atoms with E-state index in [1.165, 1.54) is 6.08 Å². The SMILES string of the molecule is C=CCOC(=O)c1c(F)cc(F)cc1F. The first kappa shape index (κ1) is 11.3. The molecular weight excluding hydrogens is 209 g/mol. The standard InChI is InChI=1S/C10H7F3O2/c1-2-3-15-10(14)9-7(12)4-6(11)5-8(9)13/h2,4-5H,1,3H2. The number of esters is 1. The maximum Gasteiger partial charge on any atom is 0.344 e. The van der Waals surface area contributed by atoms with Crippen molar-refractivity contribution in [2.45, 2.75) is 0 Å². The molecule has 15 heavy (non-hydrogen) atoms. The van der Waals surface area contributed by atoms with Crippen molar-refractivity contribution in [2.24, 2.45) is 0 Å². The Kier molecular flexibility index (Phi) is 3.49. The molecule has 1 aromatic rings. The van der Waals surface area contributed by atoms with Crippen molar-refractivity contribution in [1.82, 2.24) is 0 Å². The highest BCUT2D eigenvalue weighted by molar-refractivity contribution is 5.90. The molecule has 5 heteroatoms. The van der Waals surface area contributed by atoms with Gasteiger partial charge in [0.2, 0.25) is 0 Å². The predicted molar refractivity (Wildman–Crippen MR) is 46.8 cm³/mol. The highest BCUT2D eigenvalue weighted by atomic mass is 19.1. The van der Waals surface area contributed by atoms with Crippen LogP contribution in [0.3, 0.4) is 0 Å². The first-order chi connectivity index (χ1) is 7.06. The number of carbonyl (C=O) groups excluding carboxylic acids is 1. The van der Waals surface area contributed by atoms with E-state index in [9.17, 15) is 18.0 Å². The molecular formula is C10H7F3O2. The zero-order valence-corrected chi connectivity index (χ0v) is 7.60. The Morgan fingerprint density at radius 3 is 2.33 bits per heavy atom. The van der Waals surface area contributed by atoms with Crippen LogP contribution in [0.2, 0.25) is 0 Å². The lowest BCUT2D eigenvalue weighted by Crippen LogP contribution is -2.10. The van der Waals surface area contributed by atoms with E-state index in [1.54, 1.807) is 0 Å². The topological polar surface area (TPSA) is 26.3 Å². The summed E-state index contributed by atoms with van der Waals surface area (Å²) < 4.78 is 42.9. The summed E-state index contributed by atoms with van der Waals surface area (Å²) in [5.41, 5.74) is -0.904. The molecule has 0 amide bonds. The fraction of sp³-hybridized carbons (Fsp3) is 0.100. The van der Waals surface area contributed by atoms with Crippen LogP contribution in [0.1, 0.15) is 10.4 Å². The third-order valence-corrected chi connectivity index (χ3v) is 1.54. The van der Waals surface area contributed by atoms with Gasteiger partial charge in [0.05, 0.1) is 0 Å². The van der Waals surface area contributed by atoms with E-state index in [1.807, 2.05) is 0 Å². The van der Waals surface area contributed by atoms with Crippen LogP contribution in [-0.2, 0) is 4.74 Å². The molecule has 0 N–H and O–H groups in total. The van der Waals surface area contributed by atoms with Gasteiger partial charge >= 0.3 is 5.97 Å². The van der Waals surface area contributed by atoms with Gasteiger partial charge in [-0.05, 0) is 0 Å². The lowest BCUT2D eigenvalue weighted by molar-refractivity contribution is 0.0538. The van der Waals surface area contributed by atoms with Gasteiger partial charge in [-0.3, -0.25) is 0 Å². The Bertz CT molecular complexity index is 379. The van der Waals surface area contributed by atoms with Crippen LogP contribution in [0.15, 0.2) is 24.8 Å². The summed E-state index contributed by atoms with van der Waals surface area (Å²) in [5, 5.41) is 0. The number of hydrogen-bond acceptors (Lipinski definition) is 2. The van der Waals surface area contributed by atoms with E-state index < -0.39 is 29.0 Å². The first-order valence-electron chi connectivity index (χ1n) is 3.99. The van der Waals surface area contributed by atoms with Gasteiger partial charge in [-0.2, -0.15) is 0 Å². The molecule has 0 fully saturated rings. The van der Waals surface area contributed by atoms with Gasteiger partial charge in [0.1, 0.15) is 29.6 Å². The van der Waals surface area contributed by atoms with Crippen LogP contribution < -0.4 is 0 Å². The molecule has 0 bridgehead atoms. The molecule has 0 saturated heterocycles. The Balaban J connectivity index is 3.03. The summed E-state index contributed by atoms with van der Waals surface area (Å²) in [5.74, 6) is -4.86. The van der Waals surface area contributed by atoms with Gasteiger partial charge < -0.3 is 4.74 Å². The van der Waals surface area contributed by atoms with Gasteiger partial charge in [0, 0.05) is 12.1 Å². The van der Waals surface area contributed by atoms with Crippen LogP contribution in [0.5, 0.6) is 0 Å². The molecule has 1 rings (SSSR count). The Labute approximate surface area is 84.0 Å². The van der Waals surface area contributed by atoms with Crippen molar-refractivity contribution in [1.29, 1.82) is 0 Å². The summed E-state index contributed by atoms with van der Waals surface area (Å²) in [4.78, 5) is 11.1. The van der Waals surface area contributed by atoms with Crippen molar-refractivity contribution in [3.8, 4) is 0 Å². The summed E-state index contributed by atoms with van der Waals surface area (Å²) in [7, 11) is 0. The van der Waals surface area contributed by atoms with Crippen molar-refractivity contribution >= 4 is 5.97 Å². The third-order valence-electron chi connectivity index (χ3n) is 1.54. The Morgan fingerprint density at radius 2 is 1.87 bits per heavy atom.